The second kappa shape index (κ2) is 6.31. The van der Waals surface area contributed by atoms with Gasteiger partial charge in [-0.25, -0.2) is 15.2 Å². The number of hydrogen-bond donors (Lipinski definition) is 3. The third kappa shape index (κ3) is 3.16. The van der Waals surface area contributed by atoms with Crippen LogP contribution in [-0.2, 0) is 20.0 Å². The summed E-state index contributed by atoms with van der Waals surface area (Å²) in [7, 11) is 1.81. The van der Waals surface area contributed by atoms with Crippen molar-refractivity contribution in [3.63, 3.8) is 0 Å². The van der Waals surface area contributed by atoms with Gasteiger partial charge in [-0.05, 0) is 12.5 Å². The number of carbonyl (C=O) groups is 1. The molecule has 0 radical (unpaired) electrons. The van der Waals surface area contributed by atoms with Crippen molar-refractivity contribution in [3.8, 4) is 0 Å². The van der Waals surface area contributed by atoms with Gasteiger partial charge in [0.25, 0.3) is 5.91 Å². The second-order valence-electron chi connectivity index (χ2n) is 4.48. The number of nitrogen functional groups attached to an aromatic ring is 1. The lowest BCUT2D eigenvalue weighted by Gasteiger charge is -2.08. The maximum Gasteiger partial charge on any atom is 0.254 e. The number of rotatable bonds is 5. The summed E-state index contributed by atoms with van der Waals surface area (Å²) in [5.74, 6) is 3.65. The van der Waals surface area contributed by atoms with E-state index >= 15 is 0 Å². The number of hydrazine groups is 1. The Bertz CT molecular complexity index is 654. The molecular weight excluding hydrogens is 275 g/mol. The summed E-state index contributed by atoms with van der Waals surface area (Å²) < 4.78 is 15.6. The molecule has 21 heavy (non-hydrogen) atoms. The summed E-state index contributed by atoms with van der Waals surface area (Å²) in [6.07, 6.45) is 3.90. The van der Waals surface area contributed by atoms with Crippen molar-refractivity contribution < 1.29 is 9.18 Å². The quantitative estimate of drug-likeness (QED) is 0.557. The Morgan fingerprint density at radius 1 is 1.52 bits per heavy atom. The number of nitrogens with two attached hydrogens (primary N) is 1. The first-order valence-electron chi connectivity index (χ1n) is 6.47. The molecule has 0 unspecified atom stereocenters. The molecule has 0 fully saturated rings. The van der Waals surface area contributed by atoms with Gasteiger partial charge in [0.1, 0.15) is 0 Å². The Balaban J connectivity index is 2.12. The van der Waals surface area contributed by atoms with E-state index in [1.807, 2.05) is 20.2 Å². The fraction of sp³-hybridized carbons (Fsp3) is 0.308. The third-order valence-electron chi connectivity index (χ3n) is 3.04. The SMILES string of the molecule is CCc1nn(C)cc1CNC(=O)c1ccnc(NN)c1F. The second-order valence-corrected chi connectivity index (χ2v) is 4.48. The average molecular weight is 292 g/mol. The maximum absolute atomic E-state index is 13.9. The molecule has 0 aromatic carbocycles. The summed E-state index contributed by atoms with van der Waals surface area (Å²) in [4.78, 5) is 15.7. The van der Waals surface area contributed by atoms with Crippen LogP contribution in [0.2, 0.25) is 0 Å². The lowest BCUT2D eigenvalue weighted by Crippen LogP contribution is -2.25. The van der Waals surface area contributed by atoms with Crippen molar-refractivity contribution in [2.45, 2.75) is 19.9 Å². The first kappa shape index (κ1) is 14.9. The minimum atomic E-state index is -0.778. The molecule has 0 bridgehead atoms. The van der Waals surface area contributed by atoms with Gasteiger partial charge in [-0.3, -0.25) is 9.48 Å². The molecule has 112 valence electrons. The molecule has 0 aliphatic heterocycles. The van der Waals surface area contributed by atoms with Crippen LogP contribution < -0.4 is 16.6 Å². The lowest BCUT2D eigenvalue weighted by atomic mass is 10.2. The van der Waals surface area contributed by atoms with E-state index in [9.17, 15) is 9.18 Å². The van der Waals surface area contributed by atoms with Crippen LogP contribution in [0.15, 0.2) is 18.5 Å². The van der Waals surface area contributed by atoms with Crippen LogP contribution in [0.4, 0.5) is 10.2 Å². The number of halogens is 1. The summed E-state index contributed by atoms with van der Waals surface area (Å²) in [6, 6.07) is 1.30. The van der Waals surface area contributed by atoms with Crippen LogP contribution in [0.3, 0.4) is 0 Å². The lowest BCUT2D eigenvalue weighted by molar-refractivity contribution is 0.0946. The highest BCUT2D eigenvalue weighted by Gasteiger charge is 2.16. The van der Waals surface area contributed by atoms with E-state index < -0.39 is 11.7 Å². The number of amides is 1. The smallest absolute Gasteiger partial charge is 0.254 e. The van der Waals surface area contributed by atoms with Crippen LogP contribution in [0.25, 0.3) is 0 Å². The van der Waals surface area contributed by atoms with Crippen LogP contribution in [0.5, 0.6) is 0 Å². The molecule has 0 saturated carbocycles. The van der Waals surface area contributed by atoms with Crippen LogP contribution in [0, 0.1) is 5.82 Å². The van der Waals surface area contributed by atoms with Gasteiger partial charge in [0, 0.05) is 31.5 Å². The van der Waals surface area contributed by atoms with Gasteiger partial charge < -0.3 is 10.7 Å². The van der Waals surface area contributed by atoms with Gasteiger partial charge in [-0.15, -0.1) is 0 Å². The van der Waals surface area contributed by atoms with Crippen molar-refractivity contribution in [2.24, 2.45) is 12.9 Å². The average Bonchev–Trinajstić information content (AvgIpc) is 2.85. The van der Waals surface area contributed by atoms with E-state index in [0.29, 0.717) is 0 Å². The number of aryl methyl sites for hydroxylation is 2. The third-order valence-corrected chi connectivity index (χ3v) is 3.04. The number of nitrogens with zero attached hydrogens (tertiary/aromatic N) is 3. The molecular formula is C13H17FN6O. The Hall–Kier alpha value is -2.48. The van der Waals surface area contributed by atoms with Gasteiger partial charge in [0.15, 0.2) is 11.6 Å². The van der Waals surface area contributed by atoms with E-state index in [2.05, 4.69) is 20.8 Å². The number of hydrogen-bond acceptors (Lipinski definition) is 5. The highest BCUT2D eigenvalue weighted by molar-refractivity contribution is 5.95. The molecule has 1 amide bonds. The molecule has 2 heterocycles. The highest BCUT2D eigenvalue weighted by atomic mass is 19.1. The molecule has 0 saturated heterocycles. The van der Waals surface area contributed by atoms with Crippen LogP contribution in [0.1, 0.15) is 28.5 Å². The molecule has 0 spiro atoms. The summed E-state index contributed by atoms with van der Waals surface area (Å²) in [5, 5.41) is 6.95. The molecule has 8 heteroatoms. The number of aromatic nitrogens is 3. The van der Waals surface area contributed by atoms with E-state index in [0.717, 1.165) is 17.7 Å². The van der Waals surface area contributed by atoms with E-state index in [4.69, 9.17) is 5.84 Å². The summed E-state index contributed by atoms with van der Waals surface area (Å²) in [5.41, 5.74) is 3.80. The van der Waals surface area contributed by atoms with Crippen molar-refractivity contribution >= 4 is 11.7 Å². The fourth-order valence-electron chi connectivity index (χ4n) is 2.02. The molecule has 7 nitrogen and oxygen atoms in total. The van der Waals surface area contributed by atoms with Gasteiger partial charge in [0.05, 0.1) is 11.3 Å². The number of anilines is 1. The molecule has 0 atom stereocenters. The van der Waals surface area contributed by atoms with E-state index in [1.54, 1.807) is 4.68 Å². The maximum atomic E-state index is 13.9. The molecule has 2 rings (SSSR count). The molecule has 0 aliphatic carbocycles. The van der Waals surface area contributed by atoms with Crippen molar-refractivity contribution in [1.29, 1.82) is 0 Å². The van der Waals surface area contributed by atoms with Gasteiger partial charge >= 0.3 is 0 Å². The minimum absolute atomic E-state index is 0.111. The standard InChI is InChI=1S/C13H17FN6O/c1-3-10-8(7-20(2)19-10)6-17-13(21)9-4-5-16-12(18-15)11(9)14/h4-5,7H,3,6,15H2,1-2H3,(H,16,18)(H,17,21). The number of pyridine rings is 1. The summed E-state index contributed by atoms with van der Waals surface area (Å²) >= 11 is 0. The van der Waals surface area contributed by atoms with Crippen molar-refractivity contribution in [1.82, 2.24) is 20.1 Å². The minimum Gasteiger partial charge on any atom is -0.348 e. The molecule has 2 aromatic heterocycles. The number of nitrogens with one attached hydrogen (secondary N) is 2. The molecule has 4 N–H and O–H groups in total. The monoisotopic (exact) mass is 292 g/mol. The first-order valence-corrected chi connectivity index (χ1v) is 6.47. The van der Waals surface area contributed by atoms with Crippen molar-refractivity contribution in [2.75, 3.05) is 5.43 Å². The molecule has 2 aromatic rings. The van der Waals surface area contributed by atoms with E-state index in [1.165, 1.54) is 12.3 Å². The first-order chi connectivity index (χ1) is 10.1. The fourth-order valence-corrected chi connectivity index (χ4v) is 2.02. The topological polar surface area (TPSA) is 97.9 Å². The Kier molecular flexibility index (Phi) is 4.49. The Morgan fingerprint density at radius 2 is 2.29 bits per heavy atom. The Morgan fingerprint density at radius 3 is 2.95 bits per heavy atom. The predicted molar refractivity (Wildman–Crippen MR) is 75.8 cm³/mol. The highest BCUT2D eigenvalue weighted by Crippen LogP contribution is 2.14. The van der Waals surface area contributed by atoms with Gasteiger partial charge in [-0.2, -0.15) is 5.10 Å². The normalized spacial score (nSPS) is 10.5. The van der Waals surface area contributed by atoms with Crippen LogP contribution >= 0.6 is 0 Å². The van der Waals surface area contributed by atoms with Crippen molar-refractivity contribution in [3.05, 3.63) is 41.1 Å². The number of carbonyl (C=O) groups excluding carboxylic acids is 1. The van der Waals surface area contributed by atoms with Crippen LogP contribution in [-0.4, -0.2) is 20.7 Å². The largest absolute Gasteiger partial charge is 0.348 e. The summed E-state index contributed by atoms with van der Waals surface area (Å²) in [6.45, 7) is 2.26. The van der Waals surface area contributed by atoms with Gasteiger partial charge in [0.2, 0.25) is 0 Å². The Labute approximate surface area is 121 Å². The zero-order chi connectivity index (χ0) is 15.4. The van der Waals surface area contributed by atoms with E-state index in [-0.39, 0.29) is 17.9 Å². The zero-order valence-corrected chi connectivity index (χ0v) is 11.9. The van der Waals surface area contributed by atoms with Gasteiger partial charge in [-0.1, -0.05) is 6.92 Å². The molecule has 0 aliphatic rings. The zero-order valence-electron chi connectivity index (χ0n) is 11.9. The predicted octanol–water partition coefficient (Wildman–Crippen LogP) is 0.732.